The lowest BCUT2D eigenvalue weighted by Crippen LogP contribution is -2.53. The Balaban J connectivity index is 1.38. The Morgan fingerprint density at radius 3 is 2.43 bits per heavy atom. The number of aromatic nitrogens is 3. The van der Waals surface area contributed by atoms with Crippen molar-refractivity contribution in [1.29, 1.82) is 5.26 Å². The van der Waals surface area contributed by atoms with E-state index in [2.05, 4.69) is 20.3 Å². The van der Waals surface area contributed by atoms with Gasteiger partial charge in [0.1, 0.15) is 18.2 Å². The molecule has 2 N–H and O–H groups in total. The van der Waals surface area contributed by atoms with Crippen LogP contribution in [0.15, 0.2) is 42.6 Å². The smallest absolute Gasteiger partial charge is 0.276 e. The highest BCUT2D eigenvalue weighted by atomic mass is 16.5. The van der Waals surface area contributed by atoms with Crippen LogP contribution in [-0.4, -0.2) is 62.0 Å². The van der Waals surface area contributed by atoms with Gasteiger partial charge in [0.25, 0.3) is 5.91 Å². The number of aromatic hydroxyl groups is 1. The molecule has 1 aliphatic heterocycles. The van der Waals surface area contributed by atoms with Gasteiger partial charge in [0, 0.05) is 38.2 Å². The maximum absolute atomic E-state index is 13.3. The summed E-state index contributed by atoms with van der Waals surface area (Å²) in [6.07, 6.45) is 2.59. The van der Waals surface area contributed by atoms with Crippen molar-refractivity contribution in [2.45, 2.75) is 38.8 Å². The fourth-order valence-corrected chi connectivity index (χ4v) is 3.94. The number of para-hydroxylation sites is 2. The second kappa shape index (κ2) is 10.3. The number of hydrogen-bond acceptors (Lipinski definition) is 8. The summed E-state index contributed by atoms with van der Waals surface area (Å²) < 4.78 is 5.89. The maximum Gasteiger partial charge on any atom is 0.276 e. The van der Waals surface area contributed by atoms with Crippen LogP contribution in [-0.2, 0) is 4.79 Å². The number of pyridine rings is 1. The van der Waals surface area contributed by atoms with Crippen molar-refractivity contribution in [1.82, 2.24) is 25.2 Å². The summed E-state index contributed by atoms with van der Waals surface area (Å²) in [7, 11) is 0. The number of benzene rings is 1. The molecule has 1 aliphatic rings. The van der Waals surface area contributed by atoms with E-state index >= 15 is 0 Å². The molecular weight excluding hydrogens is 448 g/mol. The predicted molar refractivity (Wildman–Crippen MR) is 126 cm³/mol. The third-order valence-electron chi connectivity index (χ3n) is 5.89. The van der Waals surface area contributed by atoms with Gasteiger partial charge in [0.15, 0.2) is 5.69 Å². The van der Waals surface area contributed by atoms with Gasteiger partial charge < -0.3 is 20.1 Å². The molecule has 1 fully saturated rings. The number of nitrogens with zero attached hydrogens (tertiary/aromatic N) is 5. The molecule has 1 saturated heterocycles. The molecule has 0 radical (unpaired) electrons. The summed E-state index contributed by atoms with van der Waals surface area (Å²) >= 11 is 0. The van der Waals surface area contributed by atoms with E-state index in [9.17, 15) is 14.7 Å². The lowest BCUT2D eigenvalue weighted by atomic mass is 10.00. The first-order valence-corrected chi connectivity index (χ1v) is 11.4. The van der Waals surface area contributed by atoms with Crippen LogP contribution in [0.2, 0.25) is 0 Å². The Kier molecular flexibility index (Phi) is 7.06. The maximum atomic E-state index is 13.3. The SMILES string of the molecule is CC(C)[C@H](NC(=O)c1nc2ccccc2nc1O)C(=O)N1CCC(Oc2ccc(C#N)cn2)CC1. The van der Waals surface area contributed by atoms with Crippen molar-refractivity contribution >= 4 is 22.8 Å². The van der Waals surface area contributed by atoms with Gasteiger partial charge in [-0.15, -0.1) is 0 Å². The Labute approximate surface area is 202 Å². The van der Waals surface area contributed by atoms with Crippen molar-refractivity contribution in [2.75, 3.05) is 13.1 Å². The molecule has 35 heavy (non-hydrogen) atoms. The number of fused-ring (bicyclic) bond motifs is 1. The summed E-state index contributed by atoms with van der Waals surface area (Å²) in [5.41, 5.74) is 1.19. The first-order chi connectivity index (χ1) is 16.9. The van der Waals surface area contributed by atoms with Crippen LogP contribution in [0, 0.1) is 17.2 Å². The number of hydrogen-bond donors (Lipinski definition) is 2. The van der Waals surface area contributed by atoms with Crippen LogP contribution in [0.25, 0.3) is 11.0 Å². The second-order valence-corrected chi connectivity index (χ2v) is 8.72. The van der Waals surface area contributed by atoms with E-state index in [-0.39, 0.29) is 23.6 Å². The zero-order valence-electron chi connectivity index (χ0n) is 19.5. The number of piperidine rings is 1. The molecule has 0 bridgehead atoms. The normalized spacial score (nSPS) is 15.0. The van der Waals surface area contributed by atoms with Gasteiger partial charge in [0.05, 0.1) is 16.6 Å². The lowest BCUT2D eigenvalue weighted by Gasteiger charge is -2.35. The van der Waals surface area contributed by atoms with Crippen LogP contribution in [0.5, 0.6) is 11.8 Å². The highest BCUT2D eigenvalue weighted by Crippen LogP contribution is 2.21. The Morgan fingerprint density at radius 1 is 1.14 bits per heavy atom. The summed E-state index contributed by atoms with van der Waals surface area (Å²) in [4.78, 5) is 40.3. The van der Waals surface area contributed by atoms with E-state index in [0.29, 0.717) is 48.4 Å². The van der Waals surface area contributed by atoms with Crippen LogP contribution in [0.3, 0.4) is 0 Å². The van der Waals surface area contributed by atoms with Crippen molar-refractivity contribution in [3.63, 3.8) is 0 Å². The standard InChI is InChI=1S/C25H26N6O4/c1-15(2)21(30-24(33)22-23(32)29-19-6-4-3-5-18(19)28-22)25(34)31-11-9-17(10-12-31)35-20-8-7-16(13-26)14-27-20/h3-8,14-15,17,21H,9-12H2,1-2H3,(H,29,32)(H,30,33)/t21-/m0/s1. The Bertz CT molecular complexity index is 1260. The molecule has 4 rings (SSSR count). The van der Waals surface area contributed by atoms with Crippen molar-refractivity contribution in [3.8, 4) is 17.8 Å². The second-order valence-electron chi connectivity index (χ2n) is 8.72. The molecule has 0 unspecified atom stereocenters. The lowest BCUT2D eigenvalue weighted by molar-refractivity contribution is -0.136. The zero-order valence-corrected chi connectivity index (χ0v) is 19.5. The molecule has 2 amide bonds. The molecule has 10 nitrogen and oxygen atoms in total. The third-order valence-corrected chi connectivity index (χ3v) is 5.89. The van der Waals surface area contributed by atoms with Crippen molar-refractivity contribution < 1.29 is 19.4 Å². The predicted octanol–water partition coefficient (Wildman–Crippen LogP) is 2.43. The molecule has 1 atom stereocenters. The Morgan fingerprint density at radius 2 is 1.83 bits per heavy atom. The number of nitriles is 1. The fourth-order valence-electron chi connectivity index (χ4n) is 3.94. The van der Waals surface area contributed by atoms with Crippen LogP contribution in [0.4, 0.5) is 0 Å². The number of nitrogens with one attached hydrogen (secondary N) is 1. The first-order valence-electron chi connectivity index (χ1n) is 11.4. The average Bonchev–Trinajstić information content (AvgIpc) is 2.87. The van der Waals surface area contributed by atoms with Crippen molar-refractivity contribution in [2.24, 2.45) is 5.92 Å². The number of amides is 2. The number of carbonyl (C=O) groups excluding carboxylic acids is 2. The van der Waals surface area contributed by atoms with Gasteiger partial charge in [-0.2, -0.15) is 5.26 Å². The topological polar surface area (TPSA) is 141 Å². The van der Waals surface area contributed by atoms with Crippen LogP contribution in [0.1, 0.15) is 42.7 Å². The highest BCUT2D eigenvalue weighted by Gasteiger charge is 2.33. The number of rotatable bonds is 6. The number of likely N-dealkylation sites (tertiary alicyclic amines) is 1. The molecule has 0 saturated carbocycles. The van der Waals surface area contributed by atoms with E-state index in [1.54, 1.807) is 41.3 Å². The van der Waals surface area contributed by atoms with Gasteiger partial charge in [0.2, 0.25) is 17.7 Å². The molecule has 2 aromatic heterocycles. The van der Waals surface area contributed by atoms with E-state index in [1.807, 2.05) is 19.9 Å². The van der Waals surface area contributed by atoms with E-state index in [0.717, 1.165) is 0 Å². The van der Waals surface area contributed by atoms with Gasteiger partial charge >= 0.3 is 0 Å². The molecule has 3 aromatic rings. The summed E-state index contributed by atoms with van der Waals surface area (Å²) in [6, 6.07) is 11.5. The first kappa shape index (κ1) is 23.9. The largest absolute Gasteiger partial charge is 0.492 e. The third kappa shape index (κ3) is 5.46. The molecule has 10 heteroatoms. The number of carbonyl (C=O) groups is 2. The minimum Gasteiger partial charge on any atom is -0.492 e. The van der Waals surface area contributed by atoms with E-state index < -0.39 is 17.8 Å². The van der Waals surface area contributed by atoms with E-state index in [4.69, 9.17) is 10.00 Å². The molecular formula is C25H26N6O4. The minimum atomic E-state index is -0.784. The van der Waals surface area contributed by atoms with E-state index in [1.165, 1.54) is 6.20 Å². The van der Waals surface area contributed by atoms with Crippen LogP contribution < -0.4 is 10.1 Å². The fraction of sp³-hybridized carbons (Fsp3) is 0.360. The summed E-state index contributed by atoms with van der Waals surface area (Å²) in [6.45, 7) is 4.64. The van der Waals surface area contributed by atoms with Crippen molar-refractivity contribution in [3.05, 3.63) is 53.9 Å². The summed E-state index contributed by atoms with van der Waals surface area (Å²) in [5, 5.41) is 21.8. The quantitative estimate of drug-likeness (QED) is 0.555. The van der Waals surface area contributed by atoms with Gasteiger partial charge in [-0.1, -0.05) is 26.0 Å². The zero-order chi connectivity index (χ0) is 24.9. The minimum absolute atomic E-state index is 0.101. The van der Waals surface area contributed by atoms with Gasteiger partial charge in [-0.25, -0.2) is 15.0 Å². The molecule has 0 aliphatic carbocycles. The monoisotopic (exact) mass is 474 g/mol. The summed E-state index contributed by atoms with van der Waals surface area (Å²) in [5.74, 6) is -1.07. The number of ether oxygens (including phenoxy) is 1. The molecule has 3 heterocycles. The van der Waals surface area contributed by atoms with Crippen LogP contribution >= 0.6 is 0 Å². The van der Waals surface area contributed by atoms with Gasteiger partial charge in [-0.3, -0.25) is 9.59 Å². The van der Waals surface area contributed by atoms with Gasteiger partial charge in [-0.05, 0) is 24.1 Å². The molecule has 180 valence electrons. The molecule has 0 spiro atoms. The molecule has 1 aromatic carbocycles. The Hall–Kier alpha value is -4.26. The highest BCUT2D eigenvalue weighted by molar-refractivity contribution is 5.99. The average molecular weight is 475 g/mol.